The van der Waals surface area contributed by atoms with Crippen molar-refractivity contribution in [1.82, 2.24) is 15.5 Å². The zero-order valence-electron chi connectivity index (χ0n) is 25.8. The van der Waals surface area contributed by atoms with Crippen LogP contribution in [0.25, 0.3) is 0 Å². The van der Waals surface area contributed by atoms with Gasteiger partial charge in [0.25, 0.3) is 5.91 Å². The molecule has 10 nitrogen and oxygen atoms in total. The number of alkyl carbamates (subject to hydrolysis) is 1. The van der Waals surface area contributed by atoms with Gasteiger partial charge in [0.2, 0.25) is 17.6 Å². The highest BCUT2D eigenvalue weighted by Gasteiger charge is 2.65. The zero-order valence-corrected chi connectivity index (χ0v) is 25.8. The summed E-state index contributed by atoms with van der Waals surface area (Å²) in [4.78, 5) is 66.7. The van der Waals surface area contributed by atoms with E-state index in [0.29, 0.717) is 25.3 Å². The molecule has 40 heavy (non-hydrogen) atoms. The van der Waals surface area contributed by atoms with Crippen molar-refractivity contribution in [3.8, 4) is 0 Å². The molecule has 10 heteroatoms. The van der Waals surface area contributed by atoms with Gasteiger partial charge >= 0.3 is 6.09 Å². The molecule has 3 rings (SSSR count). The van der Waals surface area contributed by atoms with E-state index < -0.39 is 52.8 Å². The van der Waals surface area contributed by atoms with Gasteiger partial charge in [0.05, 0.1) is 6.04 Å². The van der Waals surface area contributed by atoms with E-state index in [1.54, 1.807) is 25.7 Å². The lowest BCUT2D eigenvalue weighted by molar-refractivity contribution is -0.143. The van der Waals surface area contributed by atoms with E-state index in [9.17, 15) is 24.0 Å². The van der Waals surface area contributed by atoms with Gasteiger partial charge in [-0.1, -0.05) is 60.8 Å². The highest BCUT2D eigenvalue weighted by Crippen LogP contribution is 2.66. The Bertz CT molecular complexity index is 1030. The molecule has 3 unspecified atom stereocenters. The number of carbonyl (C=O) groups excluding carboxylic acids is 5. The van der Waals surface area contributed by atoms with E-state index >= 15 is 0 Å². The van der Waals surface area contributed by atoms with E-state index in [0.717, 1.165) is 25.7 Å². The number of nitrogens with zero attached hydrogens (tertiary/aromatic N) is 1. The molecule has 2 saturated carbocycles. The minimum absolute atomic E-state index is 0.00697. The maximum atomic E-state index is 14.2. The smallest absolute Gasteiger partial charge is 0.408 e. The molecular formula is C30H50N4O6. The first-order valence-electron chi connectivity index (χ1n) is 14.6. The summed E-state index contributed by atoms with van der Waals surface area (Å²) in [5.41, 5.74) is 3.67. The van der Waals surface area contributed by atoms with Crippen molar-refractivity contribution in [3.05, 3.63) is 0 Å². The number of likely N-dealkylation sites (tertiary alicyclic amines) is 1. The molecule has 0 radical (unpaired) electrons. The minimum atomic E-state index is -1.08. The van der Waals surface area contributed by atoms with Gasteiger partial charge in [-0.2, -0.15) is 0 Å². The first kappa shape index (κ1) is 31.9. The van der Waals surface area contributed by atoms with Crippen LogP contribution in [0.3, 0.4) is 0 Å². The standard InChI is InChI=1S/C30H50N4O6/c1-27(2,3)20-15-30(20)14-19(24(37)32-18(21(35)23(31)36)13-17-11-10-12-17)34(16-30)25(38)22(28(4,5)6)33-26(39)40-29(7,8)9/h17-20,22H,10-16H2,1-9H3,(H2,31,36)(H,32,37)(H,33,39)/t18?,19-,20?,22+,30?/m0/s1. The van der Waals surface area contributed by atoms with Crippen molar-refractivity contribution in [1.29, 1.82) is 0 Å². The third kappa shape index (κ3) is 7.35. The number of ether oxygens (including phenoxy) is 1. The number of hydrogen-bond donors (Lipinski definition) is 3. The molecule has 4 amide bonds. The van der Waals surface area contributed by atoms with E-state index in [2.05, 4.69) is 31.4 Å². The van der Waals surface area contributed by atoms with Crippen LogP contribution in [-0.2, 0) is 23.9 Å². The van der Waals surface area contributed by atoms with Crippen molar-refractivity contribution in [2.75, 3.05) is 6.54 Å². The van der Waals surface area contributed by atoms with Crippen LogP contribution in [0, 0.1) is 28.1 Å². The first-order chi connectivity index (χ1) is 18.1. The predicted octanol–water partition coefficient (Wildman–Crippen LogP) is 3.31. The van der Waals surface area contributed by atoms with E-state index in [-0.39, 0.29) is 22.7 Å². The second-order valence-electron chi connectivity index (χ2n) is 15.4. The summed E-state index contributed by atoms with van der Waals surface area (Å²) >= 11 is 0. The Morgan fingerprint density at radius 3 is 1.98 bits per heavy atom. The van der Waals surface area contributed by atoms with Gasteiger partial charge in [0, 0.05) is 6.54 Å². The van der Waals surface area contributed by atoms with Gasteiger partial charge in [-0.05, 0) is 68.1 Å². The van der Waals surface area contributed by atoms with Crippen LogP contribution in [0.5, 0.6) is 0 Å². The minimum Gasteiger partial charge on any atom is -0.444 e. The molecule has 3 fully saturated rings. The third-order valence-corrected chi connectivity index (χ3v) is 8.73. The van der Waals surface area contributed by atoms with Gasteiger partial charge in [-0.25, -0.2) is 4.79 Å². The first-order valence-corrected chi connectivity index (χ1v) is 14.6. The van der Waals surface area contributed by atoms with Crippen LogP contribution < -0.4 is 16.4 Å². The fraction of sp³-hybridized carbons (Fsp3) is 0.833. The second-order valence-corrected chi connectivity index (χ2v) is 15.4. The Labute approximate surface area is 238 Å². The number of carbonyl (C=O) groups is 5. The maximum Gasteiger partial charge on any atom is 0.408 e. The Morgan fingerprint density at radius 1 is 0.950 bits per heavy atom. The number of amides is 4. The third-order valence-electron chi connectivity index (χ3n) is 8.73. The Morgan fingerprint density at radius 2 is 1.55 bits per heavy atom. The predicted molar refractivity (Wildman–Crippen MR) is 151 cm³/mol. The summed E-state index contributed by atoms with van der Waals surface area (Å²) in [6.45, 7) is 17.7. The zero-order chi connectivity index (χ0) is 30.4. The van der Waals surface area contributed by atoms with E-state index in [1.807, 2.05) is 20.8 Å². The molecule has 1 spiro atoms. The van der Waals surface area contributed by atoms with Crippen LogP contribution in [0.15, 0.2) is 0 Å². The number of primary amides is 1. The summed E-state index contributed by atoms with van der Waals surface area (Å²) < 4.78 is 5.44. The molecular weight excluding hydrogens is 512 g/mol. The highest BCUT2D eigenvalue weighted by molar-refractivity contribution is 6.37. The van der Waals surface area contributed by atoms with Crippen molar-refractivity contribution in [3.63, 3.8) is 0 Å². The van der Waals surface area contributed by atoms with Crippen molar-refractivity contribution >= 4 is 29.6 Å². The molecule has 0 bridgehead atoms. The lowest BCUT2D eigenvalue weighted by Crippen LogP contribution is -2.59. The number of hydrogen-bond acceptors (Lipinski definition) is 6. The van der Waals surface area contributed by atoms with E-state index in [4.69, 9.17) is 10.5 Å². The molecule has 226 valence electrons. The SMILES string of the molecule is CC(C)(C)OC(=O)N[C@H](C(=O)N1CC2(CC2C(C)(C)C)C[C@H]1C(=O)NC(CC1CCC1)C(=O)C(N)=O)C(C)(C)C. The molecule has 1 aliphatic heterocycles. The molecule has 4 N–H and O–H groups in total. The van der Waals surface area contributed by atoms with Crippen LogP contribution in [0.1, 0.15) is 101 Å². The fourth-order valence-electron chi connectivity index (χ4n) is 6.42. The normalized spacial score (nSPS) is 26.5. The lowest BCUT2D eigenvalue weighted by Gasteiger charge is -2.36. The van der Waals surface area contributed by atoms with Crippen LogP contribution >= 0.6 is 0 Å². The maximum absolute atomic E-state index is 14.2. The number of ketones is 1. The largest absolute Gasteiger partial charge is 0.444 e. The number of nitrogens with two attached hydrogens (primary N) is 1. The monoisotopic (exact) mass is 562 g/mol. The molecule has 0 aromatic heterocycles. The van der Waals surface area contributed by atoms with Gasteiger partial charge < -0.3 is 26.0 Å². The molecule has 2 aliphatic carbocycles. The summed E-state index contributed by atoms with van der Waals surface area (Å²) in [7, 11) is 0. The molecule has 0 aromatic rings. The van der Waals surface area contributed by atoms with Gasteiger partial charge in [0.15, 0.2) is 0 Å². The summed E-state index contributed by atoms with van der Waals surface area (Å²) in [6, 6.07) is -2.80. The van der Waals surface area contributed by atoms with Crippen molar-refractivity contribution in [2.24, 2.45) is 33.8 Å². The van der Waals surface area contributed by atoms with Crippen molar-refractivity contribution in [2.45, 2.75) is 125 Å². The topological polar surface area (TPSA) is 148 Å². The molecule has 1 heterocycles. The Hall–Kier alpha value is -2.65. The quantitative estimate of drug-likeness (QED) is 0.387. The van der Waals surface area contributed by atoms with Gasteiger partial charge in [-0.15, -0.1) is 0 Å². The molecule has 5 atom stereocenters. The van der Waals surface area contributed by atoms with Crippen LogP contribution in [0.2, 0.25) is 0 Å². The van der Waals surface area contributed by atoms with E-state index in [1.165, 1.54) is 0 Å². The van der Waals surface area contributed by atoms with Crippen LogP contribution in [0.4, 0.5) is 4.79 Å². The number of rotatable bonds is 8. The van der Waals surface area contributed by atoms with Crippen molar-refractivity contribution < 1.29 is 28.7 Å². The summed E-state index contributed by atoms with van der Waals surface area (Å²) in [6.07, 6.45) is 3.92. The average molecular weight is 563 g/mol. The molecule has 1 saturated heterocycles. The Kier molecular flexibility index (Phi) is 8.74. The van der Waals surface area contributed by atoms with Gasteiger partial charge in [0.1, 0.15) is 17.7 Å². The number of Topliss-reactive ketones (excluding diaryl/α,β-unsaturated/α-hetero) is 1. The molecule has 0 aromatic carbocycles. The highest BCUT2D eigenvalue weighted by atomic mass is 16.6. The fourth-order valence-corrected chi connectivity index (χ4v) is 6.42. The summed E-state index contributed by atoms with van der Waals surface area (Å²) in [5, 5.41) is 5.55. The summed E-state index contributed by atoms with van der Waals surface area (Å²) in [5.74, 6) is -2.16. The number of nitrogens with one attached hydrogen (secondary N) is 2. The second kappa shape index (κ2) is 11.0. The van der Waals surface area contributed by atoms with Gasteiger partial charge in [-0.3, -0.25) is 19.2 Å². The lowest BCUT2D eigenvalue weighted by atomic mass is 9.80. The Balaban J connectivity index is 1.89. The van der Waals surface area contributed by atoms with Crippen LogP contribution in [-0.4, -0.2) is 64.8 Å². The molecule has 3 aliphatic rings. The average Bonchev–Trinajstić information content (AvgIpc) is 3.33.